The van der Waals surface area contributed by atoms with Crippen molar-refractivity contribution in [1.82, 2.24) is 14.3 Å². The van der Waals surface area contributed by atoms with Crippen molar-refractivity contribution in [2.75, 3.05) is 38.7 Å². The van der Waals surface area contributed by atoms with Crippen LogP contribution in [0.5, 0.6) is 0 Å². The molecule has 0 aliphatic carbocycles. The number of hydrogen-bond donors (Lipinski definition) is 3. The summed E-state index contributed by atoms with van der Waals surface area (Å²) in [6.45, 7) is 3.10. The van der Waals surface area contributed by atoms with Gasteiger partial charge in [-0.15, -0.1) is 0 Å². The van der Waals surface area contributed by atoms with E-state index in [9.17, 15) is 13.2 Å². The zero-order chi connectivity index (χ0) is 24.3. The Morgan fingerprint density at radius 2 is 2.03 bits per heavy atom. The topological polar surface area (TPSA) is 143 Å². The Labute approximate surface area is 197 Å². The second kappa shape index (κ2) is 9.75. The van der Waals surface area contributed by atoms with Crippen molar-refractivity contribution in [2.45, 2.75) is 11.8 Å². The average Bonchev–Trinajstić information content (AvgIpc) is 3.26. The van der Waals surface area contributed by atoms with Crippen LogP contribution in [-0.2, 0) is 14.8 Å². The van der Waals surface area contributed by atoms with Gasteiger partial charge in [0.2, 0.25) is 15.8 Å². The SMILES string of the molecule is CN=C(C=C(C)N)C(=O)c1c[nH]c2ncc(Nc3cccc(S(=O)(=O)N4CCOCC4)c3)cc12. The third-order valence-electron chi connectivity index (χ3n) is 5.34. The number of nitrogens with two attached hydrogens (primary N) is 1. The monoisotopic (exact) mass is 482 g/mol. The first-order valence-corrected chi connectivity index (χ1v) is 12.1. The first-order valence-electron chi connectivity index (χ1n) is 10.7. The number of nitrogens with zero attached hydrogens (tertiary/aromatic N) is 3. The van der Waals surface area contributed by atoms with E-state index in [-0.39, 0.29) is 16.4 Å². The number of nitrogens with one attached hydrogen (secondary N) is 2. The standard InChI is InChI=1S/C23H26N6O4S/c1-15(24)10-21(25-2)22(30)20-14-27-23-19(20)12-17(13-26-23)28-16-4-3-5-18(11-16)34(31,32)29-6-8-33-9-7-29/h3-5,10-14,28H,6-9,24H2,1-2H3,(H,26,27). The molecule has 0 atom stereocenters. The third kappa shape index (κ3) is 4.86. The van der Waals surface area contributed by atoms with E-state index in [4.69, 9.17) is 10.5 Å². The molecule has 0 saturated carbocycles. The van der Waals surface area contributed by atoms with Gasteiger partial charge in [0.1, 0.15) is 11.4 Å². The Morgan fingerprint density at radius 1 is 1.26 bits per heavy atom. The van der Waals surface area contributed by atoms with Crippen molar-refractivity contribution >= 4 is 43.9 Å². The van der Waals surface area contributed by atoms with E-state index in [2.05, 4.69) is 20.3 Å². The molecule has 1 aliphatic heterocycles. The Kier molecular flexibility index (Phi) is 6.77. The molecule has 34 heavy (non-hydrogen) atoms. The highest BCUT2D eigenvalue weighted by atomic mass is 32.2. The van der Waals surface area contributed by atoms with Crippen molar-refractivity contribution in [2.24, 2.45) is 10.7 Å². The maximum absolute atomic E-state index is 13.0. The van der Waals surface area contributed by atoms with E-state index >= 15 is 0 Å². The summed E-state index contributed by atoms with van der Waals surface area (Å²) in [7, 11) is -2.09. The lowest BCUT2D eigenvalue weighted by Gasteiger charge is -2.26. The summed E-state index contributed by atoms with van der Waals surface area (Å²) >= 11 is 0. The molecule has 11 heteroatoms. The molecular weight excluding hydrogens is 456 g/mol. The van der Waals surface area contributed by atoms with E-state index in [1.165, 1.54) is 17.4 Å². The molecule has 1 aliphatic rings. The number of allylic oxidation sites excluding steroid dienone is 2. The summed E-state index contributed by atoms with van der Waals surface area (Å²) in [5, 5.41) is 3.79. The molecule has 1 saturated heterocycles. The van der Waals surface area contributed by atoms with Crippen LogP contribution < -0.4 is 11.1 Å². The molecule has 178 valence electrons. The number of carbonyl (C=O) groups excluding carboxylic acids is 1. The Morgan fingerprint density at radius 3 is 2.74 bits per heavy atom. The summed E-state index contributed by atoms with van der Waals surface area (Å²) in [4.78, 5) is 24.6. The van der Waals surface area contributed by atoms with Crippen LogP contribution in [0.2, 0.25) is 0 Å². The van der Waals surface area contributed by atoms with Gasteiger partial charge in [-0.25, -0.2) is 13.4 Å². The normalized spacial score (nSPS) is 16.1. The van der Waals surface area contributed by atoms with Crippen molar-refractivity contribution < 1.29 is 17.9 Å². The van der Waals surface area contributed by atoms with Crippen LogP contribution >= 0.6 is 0 Å². The number of benzene rings is 1. The minimum absolute atomic E-state index is 0.193. The number of ketones is 1. The van der Waals surface area contributed by atoms with Crippen LogP contribution in [0.25, 0.3) is 11.0 Å². The Bertz CT molecular complexity index is 1380. The third-order valence-corrected chi connectivity index (χ3v) is 7.24. The molecule has 1 aromatic carbocycles. The van der Waals surface area contributed by atoms with Crippen molar-refractivity contribution in [3.8, 4) is 0 Å². The molecule has 2 aromatic heterocycles. The predicted octanol–water partition coefficient (Wildman–Crippen LogP) is 2.44. The fourth-order valence-electron chi connectivity index (χ4n) is 3.68. The van der Waals surface area contributed by atoms with Gasteiger partial charge in [-0.05, 0) is 37.3 Å². The van der Waals surface area contributed by atoms with Gasteiger partial charge >= 0.3 is 0 Å². The molecule has 1 fully saturated rings. The second-order valence-electron chi connectivity index (χ2n) is 7.82. The fourth-order valence-corrected chi connectivity index (χ4v) is 5.14. The van der Waals surface area contributed by atoms with E-state index in [0.29, 0.717) is 60.0 Å². The van der Waals surface area contributed by atoms with Gasteiger partial charge in [0.05, 0.1) is 35.6 Å². The number of aromatic nitrogens is 2. The van der Waals surface area contributed by atoms with Gasteiger partial charge in [-0.3, -0.25) is 9.79 Å². The van der Waals surface area contributed by atoms with Crippen LogP contribution in [0.4, 0.5) is 11.4 Å². The zero-order valence-electron chi connectivity index (χ0n) is 18.9. The zero-order valence-corrected chi connectivity index (χ0v) is 19.7. The van der Waals surface area contributed by atoms with E-state index < -0.39 is 10.0 Å². The van der Waals surface area contributed by atoms with Crippen LogP contribution in [0, 0.1) is 0 Å². The molecule has 3 aromatic rings. The van der Waals surface area contributed by atoms with Crippen molar-refractivity contribution in [1.29, 1.82) is 0 Å². The molecule has 0 bridgehead atoms. The molecule has 3 heterocycles. The van der Waals surface area contributed by atoms with Crippen molar-refractivity contribution in [3.63, 3.8) is 0 Å². The lowest BCUT2D eigenvalue weighted by atomic mass is 10.1. The minimum atomic E-state index is -3.62. The number of anilines is 2. The van der Waals surface area contributed by atoms with Gasteiger partial charge in [-0.2, -0.15) is 4.31 Å². The molecule has 4 N–H and O–H groups in total. The lowest BCUT2D eigenvalue weighted by molar-refractivity contribution is 0.0730. The Balaban J connectivity index is 1.62. The van der Waals surface area contributed by atoms with E-state index in [0.717, 1.165) is 0 Å². The number of H-pyrrole nitrogens is 1. The number of pyridine rings is 1. The predicted molar refractivity (Wildman–Crippen MR) is 131 cm³/mol. The second-order valence-corrected chi connectivity index (χ2v) is 9.76. The molecule has 10 nitrogen and oxygen atoms in total. The molecule has 4 rings (SSSR count). The lowest BCUT2D eigenvalue weighted by Crippen LogP contribution is -2.40. The number of Topliss-reactive ketones (excluding diaryl/α,β-unsaturated/α-hetero) is 1. The molecule has 0 amide bonds. The number of rotatable bonds is 7. The Hall–Kier alpha value is -3.54. The van der Waals surface area contributed by atoms with Crippen molar-refractivity contribution in [3.05, 3.63) is 60.1 Å². The van der Waals surface area contributed by atoms with Crippen LogP contribution in [0.1, 0.15) is 17.3 Å². The highest BCUT2D eigenvalue weighted by Crippen LogP contribution is 2.26. The van der Waals surface area contributed by atoms with Gasteiger partial charge in [0, 0.05) is 43.1 Å². The quantitative estimate of drug-likeness (QED) is 0.347. The number of aliphatic imine (C=N–C) groups is 1. The van der Waals surface area contributed by atoms with Gasteiger partial charge in [0.25, 0.3) is 0 Å². The number of hydrogen-bond acceptors (Lipinski definition) is 8. The highest BCUT2D eigenvalue weighted by molar-refractivity contribution is 7.89. The number of sulfonamides is 1. The van der Waals surface area contributed by atoms with E-state index in [1.54, 1.807) is 49.6 Å². The summed E-state index contributed by atoms with van der Waals surface area (Å²) in [5.74, 6) is -0.281. The maximum Gasteiger partial charge on any atom is 0.243 e. The summed E-state index contributed by atoms with van der Waals surface area (Å²) in [6.07, 6.45) is 4.72. The first-order chi connectivity index (χ1) is 16.3. The number of carbonyl (C=O) groups is 1. The molecular formula is C23H26N6O4S. The number of ether oxygens (including phenoxy) is 1. The van der Waals surface area contributed by atoms with Crippen LogP contribution in [0.15, 0.2) is 64.4 Å². The average molecular weight is 483 g/mol. The highest BCUT2D eigenvalue weighted by Gasteiger charge is 2.26. The van der Waals surface area contributed by atoms with Gasteiger partial charge < -0.3 is 20.8 Å². The van der Waals surface area contributed by atoms with Gasteiger partial charge in [-0.1, -0.05) is 6.07 Å². The minimum Gasteiger partial charge on any atom is -0.402 e. The fraction of sp³-hybridized carbons (Fsp3) is 0.261. The van der Waals surface area contributed by atoms with Crippen LogP contribution in [-0.4, -0.2) is 67.5 Å². The summed E-state index contributed by atoms with van der Waals surface area (Å²) in [5.41, 5.74) is 8.56. The maximum atomic E-state index is 13.0. The molecule has 0 unspecified atom stereocenters. The largest absolute Gasteiger partial charge is 0.402 e. The summed E-state index contributed by atoms with van der Waals surface area (Å²) < 4.78 is 32.7. The number of fused-ring (bicyclic) bond motifs is 1. The first kappa shape index (κ1) is 23.6. The van der Waals surface area contributed by atoms with Gasteiger partial charge in [0.15, 0.2) is 0 Å². The van der Waals surface area contributed by atoms with E-state index in [1.807, 2.05) is 0 Å². The smallest absolute Gasteiger partial charge is 0.243 e. The summed E-state index contributed by atoms with van der Waals surface area (Å²) in [6, 6.07) is 8.37. The van der Waals surface area contributed by atoms with Crippen LogP contribution in [0.3, 0.4) is 0 Å². The molecule has 0 spiro atoms. The number of morpholine rings is 1. The number of aromatic amines is 1. The molecule has 0 radical (unpaired) electrons.